The van der Waals surface area contributed by atoms with Gasteiger partial charge in [0.15, 0.2) is 0 Å². The van der Waals surface area contributed by atoms with Crippen LogP contribution >= 0.6 is 0 Å². The lowest BCUT2D eigenvalue weighted by atomic mass is 9.98. The molecule has 0 amide bonds. The smallest absolute Gasteiger partial charge is 0.140 e. The maximum absolute atomic E-state index is 6.62. The Balaban J connectivity index is 1.66. The number of fused-ring (bicyclic) bond motifs is 1. The predicted molar refractivity (Wildman–Crippen MR) is 97.7 cm³/mol. The molecule has 1 aliphatic rings. The average molecular weight is 320 g/mol. The summed E-state index contributed by atoms with van der Waals surface area (Å²) in [7, 11) is 0. The maximum atomic E-state index is 6.62. The predicted octanol–water partition coefficient (Wildman–Crippen LogP) is 3.54. The zero-order chi connectivity index (χ0) is 16.7. The zero-order valence-corrected chi connectivity index (χ0v) is 14.4. The van der Waals surface area contributed by atoms with Gasteiger partial charge in [-0.3, -0.25) is 4.90 Å². The van der Waals surface area contributed by atoms with Crippen LogP contribution in [0, 0.1) is 6.92 Å². The lowest BCUT2D eigenvalue weighted by Gasteiger charge is -2.35. The van der Waals surface area contributed by atoms with Crippen LogP contribution in [-0.2, 0) is 5.66 Å². The third-order valence-corrected chi connectivity index (χ3v) is 5.21. The Labute approximate surface area is 142 Å². The van der Waals surface area contributed by atoms with Gasteiger partial charge in [0.25, 0.3) is 0 Å². The normalized spacial score (nSPS) is 18.1. The van der Waals surface area contributed by atoms with E-state index in [4.69, 9.17) is 10.7 Å². The van der Waals surface area contributed by atoms with E-state index in [9.17, 15) is 0 Å². The summed E-state index contributed by atoms with van der Waals surface area (Å²) in [6.45, 7) is 6.37. The molecule has 0 aliphatic carbocycles. The highest BCUT2D eigenvalue weighted by Crippen LogP contribution is 2.29. The van der Waals surface area contributed by atoms with Gasteiger partial charge in [-0.15, -0.1) is 0 Å². The van der Waals surface area contributed by atoms with Gasteiger partial charge in [-0.2, -0.15) is 0 Å². The van der Waals surface area contributed by atoms with Crippen molar-refractivity contribution < 1.29 is 0 Å². The van der Waals surface area contributed by atoms with Gasteiger partial charge in [0, 0.05) is 31.0 Å². The molecule has 1 aliphatic heterocycles. The van der Waals surface area contributed by atoms with Crippen molar-refractivity contribution in [3.05, 3.63) is 59.9 Å². The van der Waals surface area contributed by atoms with Crippen molar-refractivity contribution in [3.63, 3.8) is 0 Å². The molecule has 2 N–H and O–H groups in total. The SMILES string of the molecule is Cc1cccn2cc(-c3ccc(C(C)(N)N4CCCC4)cc3)nc12. The molecular formula is C20H24N4. The fourth-order valence-electron chi connectivity index (χ4n) is 3.64. The molecule has 1 unspecified atom stereocenters. The molecule has 4 nitrogen and oxygen atoms in total. The van der Waals surface area contributed by atoms with E-state index in [2.05, 4.69) is 59.7 Å². The number of imidazole rings is 1. The van der Waals surface area contributed by atoms with Crippen molar-refractivity contribution in [1.29, 1.82) is 0 Å². The molecule has 0 bridgehead atoms. The number of aromatic nitrogens is 2. The Morgan fingerprint density at radius 2 is 1.79 bits per heavy atom. The van der Waals surface area contributed by atoms with Gasteiger partial charge in [0.05, 0.1) is 11.4 Å². The van der Waals surface area contributed by atoms with Crippen molar-refractivity contribution in [1.82, 2.24) is 14.3 Å². The Morgan fingerprint density at radius 1 is 1.08 bits per heavy atom. The number of pyridine rings is 1. The van der Waals surface area contributed by atoms with Gasteiger partial charge in [-0.25, -0.2) is 4.98 Å². The highest BCUT2D eigenvalue weighted by Gasteiger charge is 2.31. The van der Waals surface area contributed by atoms with Crippen LogP contribution in [0.4, 0.5) is 0 Å². The van der Waals surface area contributed by atoms with Crippen LogP contribution in [0.15, 0.2) is 48.8 Å². The topological polar surface area (TPSA) is 46.6 Å². The quantitative estimate of drug-likeness (QED) is 0.803. The van der Waals surface area contributed by atoms with Gasteiger partial charge in [0.1, 0.15) is 5.65 Å². The number of likely N-dealkylation sites (tertiary alicyclic amines) is 1. The number of hydrogen-bond donors (Lipinski definition) is 1. The number of rotatable bonds is 3. The van der Waals surface area contributed by atoms with Crippen LogP contribution in [0.5, 0.6) is 0 Å². The van der Waals surface area contributed by atoms with Crippen LogP contribution in [0.3, 0.4) is 0 Å². The highest BCUT2D eigenvalue weighted by atomic mass is 15.3. The van der Waals surface area contributed by atoms with Crippen LogP contribution in [0.2, 0.25) is 0 Å². The molecule has 0 saturated carbocycles. The fraction of sp³-hybridized carbons (Fsp3) is 0.350. The van der Waals surface area contributed by atoms with E-state index in [0.717, 1.165) is 35.6 Å². The van der Waals surface area contributed by atoms with Crippen molar-refractivity contribution in [3.8, 4) is 11.3 Å². The molecule has 0 radical (unpaired) electrons. The van der Waals surface area contributed by atoms with E-state index < -0.39 is 5.66 Å². The van der Waals surface area contributed by atoms with Crippen LogP contribution in [0.25, 0.3) is 16.9 Å². The largest absolute Gasteiger partial charge is 0.310 e. The molecule has 1 saturated heterocycles. The van der Waals surface area contributed by atoms with Crippen molar-refractivity contribution in [2.24, 2.45) is 5.73 Å². The Bertz CT molecular complexity index is 855. The highest BCUT2D eigenvalue weighted by molar-refractivity contribution is 5.64. The number of aryl methyl sites for hydroxylation is 1. The van der Waals surface area contributed by atoms with E-state index in [1.807, 2.05) is 12.3 Å². The van der Waals surface area contributed by atoms with Gasteiger partial charge in [-0.1, -0.05) is 30.3 Å². The summed E-state index contributed by atoms with van der Waals surface area (Å²) in [5.41, 5.74) is 11.7. The van der Waals surface area contributed by atoms with E-state index in [0.29, 0.717) is 0 Å². The molecule has 1 aromatic carbocycles. The Hall–Kier alpha value is -2.17. The molecular weight excluding hydrogens is 296 g/mol. The number of nitrogens with two attached hydrogens (primary N) is 1. The van der Waals surface area contributed by atoms with E-state index >= 15 is 0 Å². The van der Waals surface area contributed by atoms with Crippen molar-refractivity contribution in [2.75, 3.05) is 13.1 Å². The van der Waals surface area contributed by atoms with Crippen LogP contribution in [-0.4, -0.2) is 27.4 Å². The lowest BCUT2D eigenvalue weighted by molar-refractivity contribution is 0.142. The van der Waals surface area contributed by atoms with Crippen LogP contribution in [0.1, 0.15) is 30.9 Å². The summed E-state index contributed by atoms with van der Waals surface area (Å²) >= 11 is 0. The summed E-state index contributed by atoms with van der Waals surface area (Å²) in [5.74, 6) is 0. The van der Waals surface area contributed by atoms with Crippen LogP contribution < -0.4 is 5.73 Å². The number of nitrogens with zero attached hydrogens (tertiary/aromatic N) is 3. The zero-order valence-electron chi connectivity index (χ0n) is 14.4. The molecule has 3 heterocycles. The molecule has 2 aromatic heterocycles. The molecule has 1 fully saturated rings. The lowest BCUT2D eigenvalue weighted by Crippen LogP contribution is -2.49. The standard InChI is InChI=1S/C20H24N4/c1-15-6-5-11-23-14-18(22-19(15)23)16-7-9-17(10-8-16)20(2,21)24-12-3-4-13-24/h5-11,14H,3-4,12-13,21H2,1-2H3. The number of hydrogen-bond acceptors (Lipinski definition) is 3. The first-order valence-corrected chi connectivity index (χ1v) is 8.65. The van der Waals surface area contributed by atoms with Gasteiger partial charge < -0.3 is 10.1 Å². The molecule has 1 atom stereocenters. The first-order valence-electron chi connectivity index (χ1n) is 8.65. The molecule has 3 aromatic rings. The summed E-state index contributed by atoms with van der Waals surface area (Å²) in [5, 5.41) is 0. The monoisotopic (exact) mass is 320 g/mol. The van der Waals surface area contributed by atoms with Gasteiger partial charge in [-0.05, 0) is 43.9 Å². The maximum Gasteiger partial charge on any atom is 0.140 e. The molecule has 24 heavy (non-hydrogen) atoms. The molecule has 124 valence electrons. The van der Waals surface area contributed by atoms with E-state index in [-0.39, 0.29) is 0 Å². The Morgan fingerprint density at radius 3 is 2.46 bits per heavy atom. The minimum atomic E-state index is -0.398. The van der Waals surface area contributed by atoms with Crippen molar-refractivity contribution >= 4 is 5.65 Å². The summed E-state index contributed by atoms with van der Waals surface area (Å²) in [6.07, 6.45) is 6.61. The Kier molecular flexibility index (Phi) is 3.66. The number of benzene rings is 1. The third kappa shape index (κ3) is 2.52. The summed E-state index contributed by atoms with van der Waals surface area (Å²) in [4.78, 5) is 7.14. The second-order valence-corrected chi connectivity index (χ2v) is 6.97. The fourth-order valence-corrected chi connectivity index (χ4v) is 3.64. The summed E-state index contributed by atoms with van der Waals surface area (Å²) in [6, 6.07) is 12.7. The second-order valence-electron chi connectivity index (χ2n) is 6.97. The van der Waals surface area contributed by atoms with Gasteiger partial charge >= 0.3 is 0 Å². The first kappa shape index (κ1) is 15.4. The first-order chi connectivity index (χ1) is 11.6. The second kappa shape index (κ2) is 5.72. The molecule has 0 spiro atoms. The molecule has 4 rings (SSSR count). The summed E-state index contributed by atoms with van der Waals surface area (Å²) < 4.78 is 2.08. The third-order valence-electron chi connectivity index (χ3n) is 5.21. The van der Waals surface area contributed by atoms with E-state index in [1.165, 1.54) is 18.4 Å². The minimum Gasteiger partial charge on any atom is -0.310 e. The van der Waals surface area contributed by atoms with E-state index in [1.54, 1.807) is 0 Å². The molecule has 4 heteroatoms. The average Bonchev–Trinajstić information content (AvgIpc) is 3.25. The van der Waals surface area contributed by atoms with Crippen molar-refractivity contribution in [2.45, 2.75) is 32.4 Å². The van der Waals surface area contributed by atoms with Gasteiger partial charge in [0.2, 0.25) is 0 Å². The minimum absolute atomic E-state index is 0.398.